The highest BCUT2D eigenvalue weighted by Crippen LogP contribution is 2.03. The molecule has 0 bridgehead atoms. The van der Waals surface area contributed by atoms with Crippen molar-refractivity contribution in [3.63, 3.8) is 0 Å². The molecule has 2 amide bonds. The van der Waals surface area contributed by atoms with E-state index in [0.717, 1.165) is 25.7 Å². The average Bonchev–Trinajstić information content (AvgIpc) is 2.43. The summed E-state index contributed by atoms with van der Waals surface area (Å²) in [5.41, 5.74) is 0. The van der Waals surface area contributed by atoms with Crippen molar-refractivity contribution in [1.29, 1.82) is 0 Å². The van der Waals surface area contributed by atoms with E-state index in [4.69, 9.17) is 5.11 Å². The van der Waals surface area contributed by atoms with Crippen molar-refractivity contribution >= 4 is 11.8 Å². The quantitative estimate of drug-likeness (QED) is 0.643. The Labute approximate surface area is 116 Å². The van der Waals surface area contributed by atoms with E-state index in [0.29, 0.717) is 19.6 Å². The van der Waals surface area contributed by atoms with Gasteiger partial charge in [0, 0.05) is 26.2 Å². The zero-order valence-corrected chi connectivity index (χ0v) is 12.5. The Hall–Kier alpha value is -1.10. The Bertz CT molecular complexity index is 261. The third-order valence-electron chi connectivity index (χ3n) is 3.07. The number of hydrogen-bond donors (Lipinski definition) is 1. The molecule has 0 aromatic carbocycles. The lowest BCUT2D eigenvalue weighted by Gasteiger charge is -2.26. The monoisotopic (exact) mass is 272 g/mol. The number of aliphatic hydroxyl groups is 1. The fourth-order valence-corrected chi connectivity index (χ4v) is 1.81. The van der Waals surface area contributed by atoms with Gasteiger partial charge in [-0.15, -0.1) is 0 Å². The van der Waals surface area contributed by atoms with Gasteiger partial charge in [0.05, 0.1) is 6.61 Å². The Kier molecular flexibility index (Phi) is 10.2. The third-order valence-corrected chi connectivity index (χ3v) is 3.07. The highest BCUT2D eigenvalue weighted by molar-refractivity contribution is 6.34. The fourth-order valence-electron chi connectivity index (χ4n) is 1.81. The first kappa shape index (κ1) is 17.9. The summed E-state index contributed by atoms with van der Waals surface area (Å²) in [7, 11) is 0. The van der Waals surface area contributed by atoms with Crippen LogP contribution in [0.25, 0.3) is 0 Å². The summed E-state index contributed by atoms with van der Waals surface area (Å²) in [6.45, 7) is 7.76. The average molecular weight is 272 g/mol. The Balaban J connectivity index is 4.60. The second-order valence-corrected chi connectivity index (χ2v) is 4.61. The van der Waals surface area contributed by atoms with Gasteiger partial charge in [-0.25, -0.2) is 0 Å². The van der Waals surface area contributed by atoms with Gasteiger partial charge >= 0.3 is 11.8 Å². The predicted octanol–water partition coefficient (Wildman–Crippen LogP) is 1.26. The second-order valence-electron chi connectivity index (χ2n) is 4.61. The minimum atomic E-state index is -0.497. The predicted molar refractivity (Wildman–Crippen MR) is 75.7 cm³/mol. The van der Waals surface area contributed by atoms with Crippen molar-refractivity contribution in [3.8, 4) is 0 Å². The van der Waals surface area contributed by atoms with Crippen LogP contribution in [0.5, 0.6) is 0 Å². The summed E-state index contributed by atoms with van der Waals surface area (Å²) < 4.78 is 0. The van der Waals surface area contributed by atoms with Crippen LogP contribution in [0.1, 0.15) is 46.5 Å². The number of rotatable bonds is 9. The van der Waals surface area contributed by atoms with Crippen molar-refractivity contribution in [2.45, 2.75) is 46.5 Å². The summed E-state index contributed by atoms with van der Waals surface area (Å²) in [5, 5.41) is 8.90. The molecule has 0 atom stereocenters. The van der Waals surface area contributed by atoms with Crippen LogP contribution in [0, 0.1) is 0 Å². The van der Waals surface area contributed by atoms with Crippen molar-refractivity contribution in [2.75, 3.05) is 32.8 Å². The van der Waals surface area contributed by atoms with Crippen molar-refractivity contribution in [3.05, 3.63) is 0 Å². The summed E-state index contributed by atoms with van der Waals surface area (Å²) in [6, 6.07) is 0. The number of hydrogen-bond acceptors (Lipinski definition) is 3. The molecule has 5 heteroatoms. The minimum Gasteiger partial charge on any atom is -0.395 e. The fraction of sp³-hybridized carbons (Fsp3) is 0.857. The van der Waals surface area contributed by atoms with E-state index >= 15 is 0 Å². The zero-order chi connectivity index (χ0) is 14.7. The Morgan fingerprint density at radius 3 is 1.68 bits per heavy atom. The van der Waals surface area contributed by atoms with Crippen LogP contribution in [-0.2, 0) is 9.59 Å². The molecule has 0 saturated heterocycles. The van der Waals surface area contributed by atoms with Gasteiger partial charge in [0.1, 0.15) is 0 Å². The lowest BCUT2D eigenvalue weighted by molar-refractivity contribution is -0.152. The number of aliphatic hydroxyl groups excluding tert-OH is 1. The minimum absolute atomic E-state index is 0.114. The largest absolute Gasteiger partial charge is 0.395 e. The lowest BCUT2D eigenvalue weighted by Crippen LogP contribution is -2.46. The summed E-state index contributed by atoms with van der Waals surface area (Å²) in [6.07, 6.45) is 3.82. The molecule has 0 saturated carbocycles. The van der Waals surface area contributed by atoms with Crippen LogP contribution in [0.15, 0.2) is 0 Å². The molecule has 0 aliphatic rings. The SMILES string of the molecule is CCCCN(CCCC)C(=O)C(=O)N(CC)CCO. The first-order chi connectivity index (χ1) is 9.12. The molecule has 0 radical (unpaired) electrons. The van der Waals surface area contributed by atoms with E-state index in [1.54, 1.807) is 4.90 Å². The van der Waals surface area contributed by atoms with Gasteiger partial charge in [0.2, 0.25) is 0 Å². The van der Waals surface area contributed by atoms with Crippen LogP contribution in [0.3, 0.4) is 0 Å². The molecule has 0 aliphatic carbocycles. The van der Waals surface area contributed by atoms with Crippen LogP contribution < -0.4 is 0 Å². The second kappa shape index (κ2) is 10.8. The molecular formula is C14H28N2O3. The molecule has 0 unspecified atom stereocenters. The standard InChI is InChI=1S/C14H28N2O3/c1-4-7-9-16(10-8-5-2)14(19)13(18)15(6-3)11-12-17/h17H,4-12H2,1-3H3. The van der Waals surface area contributed by atoms with Gasteiger partial charge in [-0.3, -0.25) is 9.59 Å². The third kappa shape index (κ3) is 6.57. The normalized spacial score (nSPS) is 10.3. The maximum Gasteiger partial charge on any atom is 0.312 e. The molecule has 0 aliphatic heterocycles. The first-order valence-corrected chi connectivity index (χ1v) is 7.31. The number of unbranched alkanes of at least 4 members (excludes halogenated alkanes) is 2. The smallest absolute Gasteiger partial charge is 0.312 e. The number of carbonyl (C=O) groups is 2. The molecule has 0 aromatic rings. The van der Waals surface area contributed by atoms with Crippen LogP contribution >= 0.6 is 0 Å². The Morgan fingerprint density at radius 2 is 1.32 bits per heavy atom. The van der Waals surface area contributed by atoms with E-state index in [9.17, 15) is 9.59 Å². The summed E-state index contributed by atoms with van der Waals surface area (Å²) in [5.74, 6) is -0.930. The van der Waals surface area contributed by atoms with Crippen molar-refractivity contribution in [2.24, 2.45) is 0 Å². The number of nitrogens with zero attached hydrogens (tertiary/aromatic N) is 2. The zero-order valence-electron chi connectivity index (χ0n) is 12.5. The Morgan fingerprint density at radius 1 is 0.842 bits per heavy atom. The van der Waals surface area contributed by atoms with E-state index in [1.807, 2.05) is 6.92 Å². The van der Waals surface area contributed by atoms with Crippen LogP contribution in [0.4, 0.5) is 0 Å². The molecule has 0 spiro atoms. The first-order valence-electron chi connectivity index (χ1n) is 7.31. The molecule has 0 rings (SSSR count). The molecular weight excluding hydrogens is 244 g/mol. The van der Waals surface area contributed by atoms with E-state index in [-0.39, 0.29) is 13.2 Å². The lowest BCUT2D eigenvalue weighted by atomic mass is 10.2. The molecule has 0 heterocycles. The van der Waals surface area contributed by atoms with Gasteiger partial charge < -0.3 is 14.9 Å². The van der Waals surface area contributed by atoms with Crippen LogP contribution in [0.2, 0.25) is 0 Å². The highest BCUT2D eigenvalue weighted by atomic mass is 16.3. The van der Waals surface area contributed by atoms with E-state index in [1.165, 1.54) is 4.90 Å². The summed E-state index contributed by atoms with van der Waals surface area (Å²) in [4.78, 5) is 27.3. The highest BCUT2D eigenvalue weighted by Gasteiger charge is 2.25. The molecule has 0 aromatic heterocycles. The molecule has 0 fully saturated rings. The van der Waals surface area contributed by atoms with Gasteiger partial charge in [0.25, 0.3) is 0 Å². The molecule has 5 nitrogen and oxygen atoms in total. The molecule has 19 heavy (non-hydrogen) atoms. The topological polar surface area (TPSA) is 60.9 Å². The van der Waals surface area contributed by atoms with E-state index in [2.05, 4.69) is 13.8 Å². The maximum atomic E-state index is 12.2. The molecule has 1 N–H and O–H groups in total. The van der Waals surface area contributed by atoms with Gasteiger partial charge in [0.15, 0.2) is 0 Å². The summed E-state index contributed by atoms with van der Waals surface area (Å²) >= 11 is 0. The van der Waals surface area contributed by atoms with E-state index < -0.39 is 11.8 Å². The number of amides is 2. The number of carbonyl (C=O) groups excluding carboxylic acids is 2. The van der Waals surface area contributed by atoms with Crippen molar-refractivity contribution in [1.82, 2.24) is 9.80 Å². The van der Waals surface area contributed by atoms with Crippen molar-refractivity contribution < 1.29 is 14.7 Å². The van der Waals surface area contributed by atoms with Gasteiger partial charge in [-0.1, -0.05) is 26.7 Å². The number of likely N-dealkylation sites (N-methyl/N-ethyl adjacent to an activating group) is 1. The van der Waals surface area contributed by atoms with Crippen LogP contribution in [-0.4, -0.2) is 59.5 Å². The molecule has 112 valence electrons. The maximum absolute atomic E-state index is 12.2. The van der Waals surface area contributed by atoms with Gasteiger partial charge in [-0.2, -0.15) is 0 Å². The van der Waals surface area contributed by atoms with Gasteiger partial charge in [-0.05, 0) is 19.8 Å².